The molecule has 0 atom stereocenters. The molecule has 0 fully saturated rings. The average Bonchev–Trinajstić information content (AvgIpc) is 2.55. The van der Waals surface area contributed by atoms with E-state index in [1.165, 1.54) is 0 Å². The van der Waals surface area contributed by atoms with E-state index in [0.29, 0.717) is 5.71 Å². The Bertz CT molecular complexity index is 606. The van der Waals surface area contributed by atoms with Crippen molar-refractivity contribution in [2.45, 2.75) is 0 Å². The summed E-state index contributed by atoms with van der Waals surface area (Å²) < 4.78 is 0. The fourth-order valence-corrected chi connectivity index (χ4v) is 2.20. The van der Waals surface area contributed by atoms with E-state index >= 15 is 0 Å². The predicted molar refractivity (Wildman–Crippen MR) is 60.7 cm³/mol. The Morgan fingerprint density at radius 1 is 1.00 bits per heavy atom. The minimum atomic E-state index is 0.0456. The number of nitrogens with zero attached hydrogens (tertiary/aromatic N) is 1. The maximum absolute atomic E-state index is 12.0. The summed E-state index contributed by atoms with van der Waals surface area (Å²) in [7, 11) is 1.66. The fourth-order valence-electron chi connectivity index (χ4n) is 2.20. The van der Waals surface area contributed by atoms with E-state index in [0.717, 1.165) is 21.9 Å². The first-order chi connectivity index (χ1) is 7.33. The van der Waals surface area contributed by atoms with Gasteiger partial charge in [0.25, 0.3) is 0 Å². The molecule has 0 N–H and O–H groups in total. The lowest BCUT2D eigenvalue weighted by Gasteiger charge is -1.98. The molecule has 1 aliphatic rings. The lowest BCUT2D eigenvalue weighted by atomic mass is 10.1. The third-order valence-corrected chi connectivity index (χ3v) is 2.84. The molecule has 0 aliphatic heterocycles. The molecule has 0 amide bonds. The molecule has 15 heavy (non-hydrogen) atoms. The summed E-state index contributed by atoms with van der Waals surface area (Å²) in [5.41, 5.74) is 2.33. The van der Waals surface area contributed by atoms with Crippen LogP contribution in [0.1, 0.15) is 15.9 Å². The minimum Gasteiger partial charge on any atom is -0.287 e. The Morgan fingerprint density at radius 3 is 2.33 bits per heavy atom. The summed E-state index contributed by atoms with van der Waals surface area (Å²) in [5.74, 6) is 0.0456. The molecule has 2 aromatic rings. The molecule has 3 rings (SSSR count). The molecule has 2 nitrogen and oxygen atoms in total. The van der Waals surface area contributed by atoms with Crippen LogP contribution in [0.25, 0.3) is 10.8 Å². The number of Topliss-reactive ketones (excluding diaryl/α,β-unsaturated/α-hetero) is 1. The van der Waals surface area contributed by atoms with Gasteiger partial charge >= 0.3 is 0 Å². The molecule has 2 heteroatoms. The molecule has 0 spiro atoms. The van der Waals surface area contributed by atoms with Gasteiger partial charge in [-0.05, 0) is 5.39 Å². The Labute approximate surface area is 87.3 Å². The molecule has 2 aromatic carbocycles. The lowest BCUT2D eigenvalue weighted by molar-refractivity contribution is 0.107. The molecule has 1 aliphatic carbocycles. The minimum absolute atomic E-state index is 0.0456. The molecular formula is C13H9NO. The van der Waals surface area contributed by atoms with Crippen LogP contribution in [0.5, 0.6) is 0 Å². The summed E-state index contributed by atoms with van der Waals surface area (Å²) in [6.07, 6.45) is 0. The van der Waals surface area contributed by atoms with E-state index in [2.05, 4.69) is 4.99 Å². The van der Waals surface area contributed by atoms with Crippen molar-refractivity contribution in [3.05, 3.63) is 47.5 Å². The normalized spacial score (nSPS) is 16.6. The highest BCUT2D eigenvalue weighted by Crippen LogP contribution is 2.30. The van der Waals surface area contributed by atoms with E-state index in [4.69, 9.17) is 0 Å². The van der Waals surface area contributed by atoms with Crippen LogP contribution in [-0.4, -0.2) is 18.5 Å². The van der Waals surface area contributed by atoms with E-state index in [1.54, 1.807) is 7.05 Å². The van der Waals surface area contributed by atoms with Gasteiger partial charge in [-0.25, -0.2) is 0 Å². The van der Waals surface area contributed by atoms with Gasteiger partial charge in [0, 0.05) is 23.6 Å². The zero-order chi connectivity index (χ0) is 10.4. The van der Waals surface area contributed by atoms with Gasteiger partial charge < -0.3 is 0 Å². The topological polar surface area (TPSA) is 29.4 Å². The highest BCUT2D eigenvalue weighted by molar-refractivity contribution is 6.59. The maximum atomic E-state index is 12.0. The van der Waals surface area contributed by atoms with E-state index in [-0.39, 0.29) is 5.78 Å². The second-order valence-corrected chi connectivity index (χ2v) is 3.61. The van der Waals surface area contributed by atoms with Crippen molar-refractivity contribution in [1.29, 1.82) is 0 Å². The Kier molecular flexibility index (Phi) is 1.54. The summed E-state index contributed by atoms with van der Waals surface area (Å²) in [6.45, 7) is 0. The van der Waals surface area contributed by atoms with E-state index < -0.39 is 0 Å². The van der Waals surface area contributed by atoms with Crippen molar-refractivity contribution in [1.82, 2.24) is 0 Å². The van der Waals surface area contributed by atoms with E-state index in [9.17, 15) is 4.79 Å². The number of ketones is 1. The number of hydrogen-bond donors (Lipinski definition) is 0. The van der Waals surface area contributed by atoms with Gasteiger partial charge in [-0.1, -0.05) is 36.4 Å². The lowest BCUT2D eigenvalue weighted by Crippen LogP contribution is -2.07. The number of rotatable bonds is 0. The van der Waals surface area contributed by atoms with Crippen molar-refractivity contribution in [2.75, 3.05) is 7.05 Å². The van der Waals surface area contributed by atoms with Gasteiger partial charge in [0.15, 0.2) is 0 Å². The van der Waals surface area contributed by atoms with Crippen LogP contribution in [-0.2, 0) is 0 Å². The molecule has 0 saturated heterocycles. The molecule has 0 unspecified atom stereocenters. The number of aliphatic imine (C=N–C) groups is 1. The van der Waals surface area contributed by atoms with Crippen LogP contribution >= 0.6 is 0 Å². The largest absolute Gasteiger partial charge is 0.287 e. The van der Waals surface area contributed by atoms with Crippen LogP contribution in [0.15, 0.2) is 41.4 Å². The molecule has 72 valence electrons. The van der Waals surface area contributed by atoms with Gasteiger partial charge in [-0.2, -0.15) is 0 Å². The monoisotopic (exact) mass is 195 g/mol. The second-order valence-electron chi connectivity index (χ2n) is 3.61. The van der Waals surface area contributed by atoms with Gasteiger partial charge in [0.05, 0.1) is 0 Å². The van der Waals surface area contributed by atoms with Gasteiger partial charge in [0.1, 0.15) is 5.71 Å². The van der Waals surface area contributed by atoms with Gasteiger partial charge in [-0.15, -0.1) is 0 Å². The molecule has 0 aromatic heterocycles. The van der Waals surface area contributed by atoms with Crippen LogP contribution < -0.4 is 0 Å². The summed E-state index contributed by atoms with van der Waals surface area (Å²) in [6, 6.07) is 11.7. The number of benzene rings is 2. The predicted octanol–water partition coefficient (Wildman–Crippen LogP) is 2.46. The smallest absolute Gasteiger partial charge is 0.212 e. The van der Waals surface area contributed by atoms with Gasteiger partial charge in [-0.3, -0.25) is 9.79 Å². The first-order valence-electron chi connectivity index (χ1n) is 4.86. The summed E-state index contributed by atoms with van der Waals surface area (Å²) in [5, 5.41) is 2.16. The quantitative estimate of drug-likeness (QED) is 0.635. The van der Waals surface area contributed by atoms with Crippen LogP contribution in [0, 0.1) is 0 Å². The second kappa shape index (κ2) is 2.76. The fraction of sp³-hybridized carbons (Fsp3) is 0.0769. The van der Waals surface area contributed by atoms with Crippen molar-refractivity contribution < 1.29 is 4.79 Å². The SMILES string of the molecule is CN=C1C(=O)c2cccc3cccc1c23. The van der Waals surface area contributed by atoms with Crippen LogP contribution in [0.4, 0.5) is 0 Å². The Balaban J connectivity index is 2.56. The van der Waals surface area contributed by atoms with Crippen LogP contribution in [0.2, 0.25) is 0 Å². The highest BCUT2D eigenvalue weighted by Gasteiger charge is 2.27. The molecule has 0 saturated carbocycles. The molecule has 0 radical (unpaired) electrons. The highest BCUT2D eigenvalue weighted by atomic mass is 16.1. The summed E-state index contributed by atoms with van der Waals surface area (Å²) in [4.78, 5) is 16.1. The zero-order valence-corrected chi connectivity index (χ0v) is 8.32. The van der Waals surface area contributed by atoms with Crippen molar-refractivity contribution in [3.8, 4) is 0 Å². The molecule has 0 heterocycles. The van der Waals surface area contributed by atoms with Crippen molar-refractivity contribution >= 4 is 22.3 Å². The first-order valence-corrected chi connectivity index (χ1v) is 4.86. The number of carbonyl (C=O) groups excluding carboxylic acids is 1. The summed E-state index contributed by atoms with van der Waals surface area (Å²) >= 11 is 0. The third-order valence-electron chi connectivity index (χ3n) is 2.84. The zero-order valence-electron chi connectivity index (χ0n) is 8.32. The first kappa shape index (κ1) is 8.36. The standard InChI is InChI=1S/C13H9NO/c1-14-12-9-6-2-4-8-5-3-7-10(11(8)9)13(12)15/h2-7H,1H3. The Hall–Kier alpha value is -1.96. The Morgan fingerprint density at radius 2 is 1.67 bits per heavy atom. The average molecular weight is 195 g/mol. The van der Waals surface area contributed by atoms with Crippen molar-refractivity contribution in [2.24, 2.45) is 4.99 Å². The third kappa shape index (κ3) is 0.934. The van der Waals surface area contributed by atoms with Crippen molar-refractivity contribution in [3.63, 3.8) is 0 Å². The molecular weight excluding hydrogens is 186 g/mol. The maximum Gasteiger partial charge on any atom is 0.212 e. The number of carbonyl (C=O) groups is 1. The molecule has 0 bridgehead atoms. The van der Waals surface area contributed by atoms with Crippen LogP contribution in [0.3, 0.4) is 0 Å². The van der Waals surface area contributed by atoms with E-state index in [1.807, 2.05) is 36.4 Å². The number of hydrogen-bond acceptors (Lipinski definition) is 2. The van der Waals surface area contributed by atoms with Gasteiger partial charge in [0.2, 0.25) is 5.78 Å².